The van der Waals surface area contributed by atoms with Crippen LogP contribution in [0.25, 0.3) is 10.9 Å². The fraction of sp³-hybridized carbons (Fsp3) is 0.190. The Balaban J connectivity index is 1.69. The van der Waals surface area contributed by atoms with Crippen LogP contribution in [0.2, 0.25) is 5.02 Å². The number of aromatic nitrogens is 1. The first-order valence-electron chi connectivity index (χ1n) is 8.87. The number of halogens is 1. The van der Waals surface area contributed by atoms with E-state index in [4.69, 9.17) is 21.3 Å². The van der Waals surface area contributed by atoms with Crippen molar-refractivity contribution in [3.63, 3.8) is 0 Å². The molecule has 0 unspecified atom stereocenters. The molecule has 0 aliphatic carbocycles. The van der Waals surface area contributed by atoms with E-state index in [0.717, 1.165) is 22.2 Å². The molecule has 0 radical (unpaired) electrons. The minimum absolute atomic E-state index is 0.272. The van der Waals surface area contributed by atoms with Gasteiger partial charge in [-0.2, -0.15) is 0 Å². The zero-order valence-corrected chi connectivity index (χ0v) is 16.0. The third kappa shape index (κ3) is 3.27. The molecule has 7 heteroatoms. The third-order valence-electron chi connectivity index (χ3n) is 4.84. The minimum Gasteiger partial charge on any atom is -0.465 e. The maximum absolute atomic E-state index is 12.8. The molecule has 0 saturated heterocycles. The van der Waals surface area contributed by atoms with Crippen LogP contribution in [0.4, 0.5) is 10.5 Å². The zero-order chi connectivity index (χ0) is 19.7. The van der Waals surface area contributed by atoms with Crippen LogP contribution in [0.5, 0.6) is 0 Å². The van der Waals surface area contributed by atoms with Crippen molar-refractivity contribution in [1.29, 1.82) is 0 Å². The average Bonchev–Trinajstić information content (AvgIpc) is 2.72. The second kappa shape index (κ2) is 7.48. The summed E-state index contributed by atoms with van der Waals surface area (Å²) in [7, 11) is 1.36. The maximum Gasteiger partial charge on any atom is 0.338 e. The topological polar surface area (TPSA) is 71.5 Å². The Bertz CT molecular complexity index is 1080. The number of pyridine rings is 1. The molecular formula is C21H18ClN3O3. The molecule has 4 rings (SSSR count). The van der Waals surface area contributed by atoms with Gasteiger partial charge in [0.1, 0.15) is 0 Å². The summed E-state index contributed by atoms with van der Waals surface area (Å²) < 4.78 is 5.01. The second-order valence-electron chi connectivity index (χ2n) is 6.50. The summed E-state index contributed by atoms with van der Waals surface area (Å²) in [5, 5.41) is 4.02. The van der Waals surface area contributed by atoms with Gasteiger partial charge in [0.15, 0.2) is 0 Å². The first kappa shape index (κ1) is 18.3. The highest BCUT2D eigenvalue weighted by atomic mass is 35.5. The van der Waals surface area contributed by atoms with Gasteiger partial charge in [-0.15, -0.1) is 0 Å². The van der Waals surface area contributed by atoms with Crippen LogP contribution in [0.3, 0.4) is 0 Å². The number of hydrogen-bond acceptors (Lipinski definition) is 4. The summed E-state index contributed by atoms with van der Waals surface area (Å²) in [6.45, 7) is 0.767. The van der Waals surface area contributed by atoms with Crippen LogP contribution < -0.4 is 5.32 Å². The summed E-state index contributed by atoms with van der Waals surface area (Å²) in [6, 6.07) is 14.2. The van der Waals surface area contributed by atoms with Gasteiger partial charge in [0, 0.05) is 29.6 Å². The van der Waals surface area contributed by atoms with Gasteiger partial charge in [0.2, 0.25) is 0 Å². The number of esters is 1. The molecule has 0 spiro atoms. The fourth-order valence-electron chi connectivity index (χ4n) is 3.46. The van der Waals surface area contributed by atoms with E-state index in [1.165, 1.54) is 7.11 Å². The Labute approximate surface area is 167 Å². The molecular weight excluding hydrogens is 378 g/mol. The van der Waals surface area contributed by atoms with Gasteiger partial charge in [0.25, 0.3) is 0 Å². The smallest absolute Gasteiger partial charge is 0.338 e. The van der Waals surface area contributed by atoms with E-state index < -0.39 is 5.97 Å². The lowest BCUT2D eigenvalue weighted by Crippen LogP contribution is -2.40. The van der Waals surface area contributed by atoms with E-state index in [0.29, 0.717) is 29.2 Å². The molecule has 142 valence electrons. The Morgan fingerprint density at radius 3 is 2.68 bits per heavy atom. The van der Waals surface area contributed by atoms with Crippen LogP contribution >= 0.6 is 11.6 Å². The summed E-state index contributed by atoms with van der Waals surface area (Å²) in [6.07, 6.45) is 0.556. The molecule has 1 aliphatic rings. The number of amides is 2. The van der Waals surface area contributed by atoms with Crippen molar-refractivity contribution in [2.45, 2.75) is 13.0 Å². The number of fused-ring (bicyclic) bond motifs is 2. The van der Waals surface area contributed by atoms with Crippen LogP contribution in [-0.4, -0.2) is 35.5 Å². The van der Waals surface area contributed by atoms with Crippen molar-refractivity contribution in [2.75, 3.05) is 19.0 Å². The minimum atomic E-state index is -0.428. The summed E-state index contributed by atoms with van der Waals surface area (Å²) >= 11 is 6.13. The summed E-state index contributed by atoms with van der Waals surface area (Å²) in [5.41, 5.74) is 3.31. The van der Waals surface area contributed by atoms with Crippen LogP contribution in [0, 0.1) is 0 Å². The van der Waals surface area contributed by atoms with Crippen molar-refractivity contribution in [3.8, 4) is 0 Å². The highest BCUT2D eigenvalue weighted by molar-refractivity contribution is 6.33. The predicted octanol–water partition coefficient (Wildman–Crippen LogP) is 4.27. The molecule has 2 heterocycles. The molecule has 1 N–H and O–H groups in total. The number of methoxy groups -OCH3 is 1. The Kier molecular flexibility index (Phi) is 4.88. The van der Waals surface area contributed by atoms with Gasteiger partial charge in [0.05, 0.1) is 35.4 Å². The molecule has 2 amide bonds. The largest absolute Gasteiger partial charge is 0.465 e. The number of urea groups is 1. The number of carbonyl (C=O) groups is 2. The normalized spacial score (nSPS) is 13.1. The van der Waals surface area contributed by atoms with E-state index in [1.807, 2.05) is 24.3 Å². The molecule has 0 atom stereocenters. The fourth-order valence-corrected chi connectivity index (χ4v) is 3.64. The Morgan fingerprint density at radius 2 is 1.89 bits per heavy atom. The SMILES string of the molecule is COC(=O)c1c2c(nc3ccccc13)CCN(C(=O)Nc1ccccc1Cl)C2. The number of hydrogen-bond donors (Lipinski definition) is 1. The van der Waals surface area contributed by atoms with Gasteiger partial charge >= 0.3 is 12.0 Å². The number of rotatable bonds is 2. The number of anilines is 1. The number of ether oxygens (including phenoxy) is 1. The zero-order valence-electron chi connectivity index (χ0n) is 15.2. The lowest BCUT2D eigenvalue weighted by Gasteiger charge is -2.30. The lowest BCUT2D eigenvalue weighted by molar-refractivity contribution is 0.0600. The van der Waals surface area contributed by atoms with E-state index in [1.54, 1.807) is 29.2 Å². The van der Waals surface area contributed by atoms with Crippen molar-refractivity contribution in [2.24, 2.45) is 0 Å². The summed E-state index contributed by atoms with van der Waals surface area (Å²) in [4.78, 5) is 31.6. The molecule has 1 aliphatic heterocycles. The first-order valence-corrected chi connectivity index (χ1v) is 9.25. The van der Waals surface area contributed by atoms with Crippen LogP contribution in [0.1, 0.15) is 21.6 Å². The number of para-hydroxylation sites is 2. The van der Waals surface area contributed by atoms with E-state index in [-0.39, 0.29) is 12.6 Å². The second-order valence-corrected chi connectivity index (χ2v) is 6.91. The van der Waals surface area contributed by atoms with Gasteiger partial charge in [-0.05, 0) is 18.2 Å². The van der Waals surface area contributed by atoms with E-state index in [9.17, 15) is 9.59 Å². The molecule has 0 fully saturated rings. The van der Waals surface area contributed by atoms with Crippen molar-refractivity contribution < 1.29 is 14.3 Å². The number of nitrogens with zero attached hydrogens (tertiary/aromatic N) is 2. The van der Waals surface area contributed by atoms with E-state index in [2.05, 4.69) is 5.32 Å². The Hall–Kier alpha value is -3.12. The molecule has 6 nitrogen and oxygen atoms in total. The van der Waals surface area contributed by atoms with E-state index >= 15 is 0 Å². The van der Waals surface area contributed by atoms with Crippen molar-refractivity contribution in [3.05, 3.63) is 70.4 Å². The number of nitrogens with one attached hydrogen (secondary N) is 1. The molecule has 2 aromatic carbocycles. The molecule has 0 saturated carbocycles. The number of benzene rings is 2. The lowest BCUT2D eigenvalue weighted by atomic mass is 9.96. The van der Waals surface area contributed by atoms with Gasteiger partial charge in [-0.1, -0.05) is 41.9 Å². The molecule has 1 aromatic heterocycles. The average molecular weight is 396 g/mol. The van der Waals surface area contributed by atoms with Gasteiger partial charge in [-0.25, -0.2) is 9.59 Å². The molecule has 0 bridgehead atoms. The van der Waals surface area contributed by atoms with Gasteiger partial charge in [-0.3, -0.25) is 4.98 Å². The predicted molar refractivity (Wildman–Crippen MR) is 108 cm³/mol. The maximum atomic E-state index is 12.8. The highest BCUT2D eigenvalue weighted by Gasteiger charge is 2.28. The number of carbonyl (C=O) groups excluding carboxylic acids is 2. The monoisotopic (exact) mass is 395 g/mol. The standard InChI is InChI=1S/C21H18ClN3O3/c1-28-20(26)19-13-6-2-4-8-16(13)23-17-10-11-25(12-14(17)19)21(27)24-18-9-5-3-7-15(18)22/h2-9H,10-12H2,1H3,(H,24,27). The molecule has 28 heavy (non-hydrogen) atoms. The highest BCUT2D eigenvalue weighted by Crippen LogP contribution is 2.29. The summed E-state index contributed by atoms with van der Waals surface area (Å²) in [5.74, 6) is -0.428. The van der Waals surface area contributed by atoms with Crippen LogP contribution in [0.15, 0.2) is 48.5 Å². The third-order valence-corrected chi connectivity index (χ3v) is 5.17. The first-order chi connectivity index (χ1) is 13.6. The van der Waals surface area contributed by atoms with Gasteiger partial charge < -0.3 is 15.0 Å². The molecule has 3 aromatic rings. The van der Waals surface area contributed by atoms with Crippen molar-refractivity contribution >= 4 is 40.2 Å². The Morgan fingerprint density at radius 1 is 1.14 bits per heavy atom. The quantitative estimate of drug-likeness (QED) is 0.658. The van der Waals surface area contributed by atoms with Crippen LogP contribution in [-0.2, 0) is 17.7 Å². The van der Waals surface area contributed by atoms with Crippen molar-refractivity contribution in [1.82, 2.24) is 9.88 Å².